The van der Waals surface area contributed by atoms with E-state index in [9.17, 15) is 9.59 Å². The number of amides is 1. The van der Waals surface area contributed by atoms with Crippen molar-refractivity contribution in [2.45, 2.75) is 32.1 Å². The van der Waals surface area contributed by atoms with Crippen LogP contribution in [0.5, 0.6) is 0 Å². The van der Waals surface area contributed by atoms with E-state index in [0.717, 1.165) is 18.4 Å². The van der Waals surface area contributed by atoms with E-state index >= 15 is 0 Å². The molecule has 0 saturated carbocycles. The van der Waals surface area contributed by atoms with Crippen molar-refractivity contribution in [3.8, 4) is 0 Å². The number of nitrogens with zero attached hydrogens (tertiary/aromatic N) is 1. The van der Waals surface area contributed by atoms with Crippen molar-refractivity contribution >= 4 is 11.9 Å². The third-order valence-electron chi connectivity index (χ3n) is 4.41. The number of aryl methyl sites for hydroxylation is 2. The summed E-state index contributed by atoms with van der Waals surface area (Å²) >= 11 is 0. The van der Waals surface area contributed by atoms with E-state index in [1.807, 2.05) is 6.07 Å². The predicted octanol–water partition coefficient (Wildman–Crippen LogP) is 1.65. The predicted molar refractivity (Wildman–Crippen MR) is 74.5 cm³/mol. The van der Waals surface area contributed by atoms with Gasteiger partial charge in [-0.1, -0.05) is 18.2 Å². The highest BCUT2D eigenvalue weighted by atomic mass is 16.4. The third-order valence-corrected chi connectivity index (χ3v) is 4.41. The SMILES string of the molecule is O=C(O)[C@H]1CCN(C(=O)Cc2ccc3c(c2)CCC3)C1. The molecule has 1 aliphatic heterocycles. The smallest absolute Gasteiger partial charge is 0.308 e. The molecule has 2 aliphatic rings. The molecule has 20 heavy (non-hydrogen) atoms. The van der Waals surface area contributed by atoms with Crippen LogP contribution in [0.3, 0.4) is 0 Å². The fourth-order valence-corrected chi connectivity index (χ4v) is 3.21. The minimum Gasteiger partial charge on any atom is -0.481 e. The van der Waals surface area contributed by atoms with E-state index in [1.165, 1.54) is 17.5 Å². The van der Waals surface area contributed by atoms with Crippen molar-refractivity contribution < 1.29 is 14.7 Å². The molecule has 1 atom stereocenters. The number of benzene rings is 1. The lowest BCUT2D eigenvalue weighted by atomic mass is 10.0. The number of aliphatic carboxylic acids is 1. The first-order chi connectivity index (χ1) is 9.63. The molecule has 0 bridgehead atoms. The van der Waals surface area contributed by atoms with Gasteiger partial charge in [0.2, 0.25) is 5.91 Å². The van der Waals surface area contributed by atoms with Gasteiger partial charge in [0.05, 0.1) is 12.3 Å². The number of likely N-dealkylation sites (tertiary alicyclic amines) is 1. The van der Waals surface area contributed by atoms with Gasteiger partial charge in [0, 0.05) is 13.1 Å². The lowest BCUT2D eigenvalue weighted by molar-refractivity contribution is -0.141. The Morgan fingerprint density at radius 2 is 2.05 bits per heavy atom. The number of carboxylic acid groups (broad SMARTS) is 1. The number of rotatable bonds is 3. The lowest BCUT2D eigenvalue weighted by Crippen LogP contribution is -2.31. The highest BCUT2D eigenvalue weighted by Gasteiger charge is 2.30. The van der Waals surface area contributed by atoms with E-state index < -0.39 is 5.97 Å². The first-order valence-electron chi connectivity index (χ1n) is 7.25. The van der Waals surface area contributed by atoms with Gasteiger partial charge in [-0.05, 0) is 42.4 Å². The van der Waals surface area contributed by atoms with Crippen molar-refractivity contribution in [3.63, 3.8) is 0 Å². The largest absolute Gasteiger partial charge is 0.481 e. The number of fused-ring (bicyclic) bond motifs is 1. The first-order valence-corrected chi connectivity index (χ1v) is 7.25. The minimum absolute atomic E-state index is 0.0479. The summed E-state index contributed by atoms with van der Waals surface area (Å²) in [5.74, 6) is -1.14. The maximum Gasteiger partial charge on any atom is 0.308 e. The number of carboxylic acids is 1. The fourth-order valence-electron chi connectivity index (χ4n) is 3.21. The van der Waals surface area contributed by atoms with Crippen LogP contribution >= 0.6 is 0 Å². The van der Waals surface area contributed by atoms with E-state index in [1.54, 1.807) is 4.90 Å². The molecule has 106 valence electrons. The van der Waals surface area contributed by atoms with Gasteiger partial charge in [0.25, 0.3) is 0 Å². The lowest BCUT2D eigenvalue weighted by Gasteiger charge is -2.16. The molecule has 4 heteroatoms. The Balaban J connectivity index is 1.63. The molecule has 1 N–H and O–H groups in total. The van der Waals surface area contributed by atoms with Gasteiger partial charge in [0.15, 0.2) is 0 Å². The van der Waals surface area contributed by atoms with E-state index in [0.29, 0.717) is 25.9 Å². The second-order valence-electron chi connectivity index (χ2n) is 5.80. The molecule has 1 amide bonds. The molecular weight excluding hydrogens is 254 g/mol. The molecule has 1 saturated heterocycles. The Labute approximate surface area is 118 Å². The third kappa shape index (κ3) is 2.55. The quantitative estimate of drug-likeness (QED) is 0.911. The van der Waals surface area contributed by atoms with Gasteiger partial charge < -0.3 is 10.0 Å². The van der Waals surface area contributed by atoms with Gasteiger partial charge in [-0.2, -0.15) is 0 Å². The highest BCUT2D eigenvalue weighted by Crippen LogP contribution is 2.24. The Kier molecular flexibility index (Phi) is 3.47. The maximum atomic E-state index is 12.2. The standard InChI is InChI=1S/C16H19NO3/c18-15(17-7-6-14(10-17)16(19)20)9-11-4-5-12-2-1-3-13(12)8-11/h4-5,8,14H,1-3,6-7,9-10H2,(H,19,20)/t14-/m0/s1. The normalized spacial score (nSPS) is 21.0. The summed E-state index contributed by atoms with van der Waals surface area (Å²) in [5.41, 5.74) is 3.84. The molecular formula is C16H19NO3. The van der Waals surface area contributed by atoms with Crippen LogP contribution < -0.4 is 0 Å². The van der Waals surface area contributed by atoms with Gasteiger partial charge >= 0.3 is 5.97 Å². The van der Waals surface area contributed by atoms with Crippen LogP contribution in [0.15, 0.2) is 18.2 Å². The molecule has 1 aromatic rings. The summed E-state index contributed by atoms with van der Waals surface area (Å²) < 4.78 is 0. The Morgan fingerprint density at radius 3 is 2.80 bits per heavy atom. The molecule has 0 spiro atoms. The van der Waals surface area contributed by atoms with Crippen LogP contribution in [0.2, 0.25) is 0 Å². The molecule has 0 aromatic heterocycles. The fraction of sp³-hybridized carbons (Fsp3) is 0.500. The molecule has 1 fully saturated rings. The van der Waals surface area contributed by atoms with E-state index in [4.69, 9.17) is 5.11 Å². The van der Waals surface area contributed by atoms with Gasteiger partial charge in [-0.15, -0.1) is 0 Å². The van der Waals surface area contributed by atoms with Crippen molar-refractivity contribution in [2.75, 3.05) is 13.1 Å². The number of carbonyl (C=O) groups is 2. The van der Waals surface area contributed by atoms with E-state index in [-0.39, 0.29) is 11.8 Å². The van der Waals surface area contributed by atoms with Crippen LogP contribution in [0, 0.1) is 5.92 Å². The average molecular weight is 273 g/mol. The number of hydrogen-bond acceptors (Lipinski definition) is 2. The summed E-state index contributed by atoms with van der Waals surface area (Å²) in [6.45, 7) is 0.930. The highest BCUT2D eigenvalue weighted by molar-refractivity contribution is 5.80. The zero-order valence-electron chi connectivity index (χ0n) is 11.5. The summed E-state index contributed by atoms with van der Waals surface area (Å²) in [6, 6.07) is 6.31. The van der Waals surface area contributed by atoms with Gasteiger partial charge in [-0.25, -0.2) is 0 Å². The van der Waals surface area contributed by atoms with Gasteiger partial charge in [0.1, 0.15) is 0 Å². The Bertz CT molecular complexity index is 553. The maximum absolute atomic E-state index is 12.2. The molecule has 0 radical (unpaired) electrons. The van der Waals surface area contributed by atoms with Crippen molar-refractivity contribution in [3.05, 3.63) is 34.9 Å². The summed E-state index contributed by atoms with van der Waals surface area (Å²) in [6.07, 6.45) is 4.43. The summed E-state index contributed by atoms with van der Waals surface area (Å²) in [7, 11) is 0. The second kappa shape index (κ2) is 5.27. The molecule has 3 rings (SSSR count). The van der Waals surface area contributed by atoms with Gasteiger partial charge in [-0.3, -0.25) is 9.59 Å². The Hall–Kier alpha value is -1.84. The molecule has 0 unspecified atom stereocenters. The van der Waals surface area contributed by atoms with Crippen molar-refractivity contribution in [2.24, 2.45) is 5.92 Å². The van der Waals surface area contributed by atoms with Crippen LogP contribution in [0.4, 0.5) is 0 Å². The molecule has 1 aliphatic carbocycles. The molecule has 1 aromatic carbocycles. The first kappa shape index (κ1) is 13.2. The number of carbonyl (C=O) groups excluding carboxylic acids is 1. The van der Waals surface area contributed by atoms with Crippen LogP contribution in [0.25, 0.3) is 0 Å². The average Bonchev–Trinajstić information content (AvgIpc) is 3.07. The topological polar surface area (TPSA) is 57.6 Å². The molecule has 1 heterocycles. The monoisotopic (exact) mass is 273 g/mol. The van der Waals surface area contributed by atoms with Crippen LogP contribution in [-0.2, 0) is 28.9 Å². The van der Waals surface area contributed by atoms with Crippen LogP contribution in [-0.4, -0.2) is 35.0 Å². The van der Waals surface area contributed by atoms with E-state index in [2.05, 4.69) is 12.1 Å². The minimum atomic E-state index is -0.794. The second-order valence-corrected chi connectivity index (χ2v) is 5.80. The summed E-state index contributed by atoms with van der Waals surface area (Å²) in [4.78, 5) is 24.8. The van der Waals surface area contributed by atoms with Crippen molar-refractivity contribution in [1.29, 1.82) is 0 Å². The zero-order valence-corrected chi connectivity index (χ0v) is 11.5. The molecule has 4 nitrogen and oxygen atoms in total. The van der Waals surface area contributed by atoms with Crippen molar-refractivity contribution in [1.82, 2.24) is 4.90 Å². The Morgan fingerprint density at radius 1 is 1.25 bits per heavy atom. The van der Waals surface area contributed by atoms with Crippen LogP contribution in [0.1, 0.15) is 29.5 Å². The zero-order chi connectivity index (χ0) is 14.1. The number of hydrogen-bond donors (Lipinski definition) is 1. The summed E-state index contributed by atoms with van der Waals surface area (Å²) in [5, 5.41) is 8.97.